The van der Waals surface area contributed by atoms with Crippen molar-refractivity contribution >= 4 is 61.9 Å². The summed E-state index contributed by atoms with van der Waals surface area (Å²) in [6.07, 6.45) is 0.678. The Morgan fingerprint density at radius 3 is 2.39 bits per heavy atom. The van der Waals surface area contributed by atoms with Crippen LogP contribution in [0.25, 0.3) is 10.1 Å². The Labute approximate surface area is 223 Å². The topological polar surface area (TPSA) is 63.5 Å². The van der Waals surface area contributed by atoms with Gasteiger partial charge in [-0.1, -0.05) is 60.0 Å². The van der Waals surface area contributed by atoms with Gasteiger partial charge in [0, 0.05) is 43.9 Å². The van der Waals surface area contributed by atoms with Crippen molar-refractivity contribution in [2.24, 2.45) is 0 Å². The Balaban J connectivity index is 1.68. The standard InChI is InChI=1S/C28H24Cl2N2O3S/c1-16-5-12-22-21(13-16)28(4,17-6-8-18(29)9-7-17)15-27(2,3)31(22)26(33)25-24(30)20-11-10-19(32(34)35)14-23(20)36-25/h5-14H,15H2,1-4H3/t28-/m1/s1. The number of carbonyl (C=O) groups is 1. The number of hydrogen-bond acceptors (Lipinski definition) is 4. The van der Waals surface area contributed by atoms with E-state index in [2.05, 4.69) is 39.0 Å². The van der Waals surface area contributed by atoms with E-state index in [1.54, 1.807) is 6.07 Å². The molecular formula is C28H24Cl2N2O3S. The van der Waals surface area contributed by atoms with Gasteiger partial charge in [-0.3, -0.25) is 14.9 Å². The second kappa shape index (κ2) is 8.58. The molecule has 0 unspecified atom stereocenters. The fourth-order valence-corrected chi connectivity index (χ4v) is 7.12. The van der Waals surface area contributed by atoms with Gasteiger partial charge in [-0.15, -0.1) is 11.3 Å². The average molecular weight is 539 g/mol. The largest absolute Gasteiger partial charge is 0.302 e. The number of nitro benzene ring substituents is 1. The lowest BCUT2D eigenvalue weighted by Gasteiger charge is -2.51. The molecule has 5 nitrogen and oxygen atoms in total. The van der Waals surface area contributed by atoms with Gasteiger partial charge in [0.1, 0.15) is 4.88 Å². The summed E-state index contributed by atoms with van der Waals surface area (Å²) in [6.45, 7) is 8.38. The van der Waals surface area contributed by atoms with Gasteiger partial charge in [-0.05, 0) is 62.6 Å². The van der Waals surface area contributed by atoms with E-state index < -0.39 is 10.5 Å². The van der Waals surface area contributed by atoms with E-state index >= 15 is 0 Å². The van der Waals surface area contributed by atoms with E-state index in [1.165, 1.54) is 23.5 Å². The molecule has 1 aliphatic rings. The summed E-state index contributed by atoms with van der Waals surface area (Å²) in [6, 6.07) is 18.6. The maximum atomic E-state index is 14.2. The third kappa shape index (κ3) is 3.88. The molecule has 5 rings (SSSR count). The van der Waals surface area contributed by atoms with E-state index in [0.717, 1.165) is 22.4 Å². The molecule has 1 aliphatic heterocycles. The monoisotopic (exact) mass is 538 g/mol. The first-order valence-corrected chi connectivity index (χ1v) is 13.1. The zero-order valence-corrected chi connectivity index (χ0v) is 22.6. The van der Waals surface area contributed by atoms with Gasteiger partial charge in [-0.25, -0.2) is 0 Å². The van der Waals surface area contributed by atoms with Crippen molar-refractivity contribution < 1.29 is 9.72 Å². The van der Waals surface area contributed by atoms with Crippen molar-refractivity contribution in [3.05, 3.63) is 102 Å². The summed E-state index contributed by atoms with van der Waals surface area (Å²) in [5.74, 6) is -0.211. The summed E-state index contributed by atoms with van der Waals surface area (Å²) in [5, 5.41) is 12.9. The van der Waals surface area contributed by atoms with Crippen molar-refractivity contribution in [1.82, 2.24) is 0 Å². The summed E-state index contributed by atoms with van der Waals surface area (Å²) in [7, 11) is 0. The molecule has 3 aromatic carbocycles. The van der Waals surface area contributed by atoms with E-state index in [9.17, 15) is 14.9 Å². The number of carbonyl (C=O) groups excluding carboxylic acids is 1. The molecule has 0 saturated heterocycles. The minimum Gasteiger partial charge on any atom is -0.302 e. The summed E-state index contributed by atoms with van der Waals surface area (Å²) >= 11 is 14.1. The first-order valence-electron chi connectivity index (χ1n) is 11.5. The molecule has 1 aromatic heterocycles. The number of rotatable bonds is 3. The number of thiophene rings is 1. The maximum absolute atomic E-state index is 14.2. The van der Waals surface area contributed by atoms with Crippen LogP contribution in [0, 0.1) is 17.0 Å². The summed E-state index contributed by atoms with van der Waals surface area (Å²) in [5.41, 5.74) is 3.19. The zero-order valence-electron chi connectivity index (χ0n) is 20.3. The van der Waals surface area contributed by atoms with Crippen LogP contribution in [0.1, 0.15) is 53.6 Å². The quantitative estimate of drug-likeness (QED) is 0.194. The molecule has 0 bridgehead atoms. The molecule has 0 radical (unpaired) electrons. The fourth-order valence-electron chi connectivity index (χ4n) is 5.52. The molecule has 1 atom stereocenters. The Morgan fingerprint density at radius 2 is 1.72 bits per heavy atom. The second-order valence-corrected chi connectivity index (χ2v) is 12.0. The number of benzene rings is 3. The number of anilines is 1. The lowest BCUT2D eigenvalue weighted by atomic mass is 9.65. The minimum absolute atomic E-state index is 0.0303. The van der Waals surface area contributed by atoms with Crippen LogP contribution in [-0.4, -0.2) is 16.4 Å². The SMILES string of the molecule is Cc1ccc2c(c1)[C@@](C)(c1ccc(Cl)cc1)CC(C)(C)N2C(=O)c1sc2cc([N+](=O)[O-])ccc2c1Cl. The number of aryl methyl sites for hydroxylation is 1. The van der Waals surface area contributed by atoms with Crippen LogP contribution in [0.15, 0.2) is 60.7 Å². The van der Waals surface area contributed by atoms with Gasteiger partial charge in [-0.2, -0.15) is 0 Å². The van der Waals surface area contributed by atoms with Crippen LogP contribution in [0.3, 0.4) is 0 Å². The Morgan fingerprint density at radius 1 is 1.03 bits per heavy atom. The Kier molecular flexibility index (Phi) is 5.90. The van der Waals surface area contributed by atoms with Crippen molar-refractivity contribution in [1.29, 1.82) is 0 Å². The van der Waals surface area contributed by atoms with Crippen LogP contribution in [0.4, 0.5) is 11.4 Å². The molecule has 36 heavy (non-hydrogen) atoms. The van der Waals surface area contributed by atoms with Gasteiger partial charge >= 0.3 is 0 Å². The first kappa shape index (κ1) is 24.8. The molecule has 0 spiro atoms. The molecule has 1 amide bonds. The molecule has 2 heterocycles. The molecule has 0 saturated carbocycles. The number of halogens is 2. The van der Waals surface area contributed by atoms with Crippen LogP contribution in [0.5, 0.6) is 0 Å². The Hall–Kier alpha value is -2.93. The van der Waals surface area contributed by atoms with Crippen molar-refractivity contribution in [3.8, 4) is 0 Å². The number of nitrogens with zero attached hydrogens (tertiary/aromatic N) is 2. The van der Waals surface area contributed by atoms with Gasteiger partial charge < -0.3 is 4.90 Å². The van der Waals surface area contributed by atoms with E-state index in [0.29, 0.717) is 31.4 Å². The molecule has 0 fully saturated rings. The van der Waals surface area contributed by atoms with Crippen molar-refractivity contribution in [2.45, 2.75) is 45.1 Å². The van der Waals surface area contributed by atoms with Crippen molar-refractivity contribution in [3.63, 3.8) is 0 Å². The van der Waals surface area contributed by atoms with Gasteiger partial charge in [0.2, 0.25) is 0 Å². The fraction of sp³-hybridized carbons (Fsp3) is 0.250. The lowest BCUT2D eigenvalue weighted by Crippen LogP contribution is -2.55. The number of nitro groups is 1. The molecule has 8 heteroatoms. The zero-order chi connectivity index (χ0) is 26.0. The van der Waals surface area contributed by atoms with E-state index in [4.69, 9.17) is 23.2 Å². The number of hydrogen-bond donors (Lipinski definition) is 0. The molecule has 0 aliphatic carbocycles. The predicted octanol–water partition coefficient (Wildman–Crippen LogP) is 8.56. The van der Waals surface area contributed by atoms with Crippen LogP contribution in [0.2, 0.25) is 10.0 Å². The van der Waals surface area contributed by atoms with Crippen LogP contribution < -0.4 is 4.90 Å². The molecule has 184 valence electrons. The maximum Gasteiger partial charge on any atom is 0.270 e. The van der Waals surface area contributed by atoms with Gasteiger partial charge in [0.15, 0.2) is 0 Å². The minimum atomic E-state index is -0.556. The molecule has 4 aromatic rings. The number of fused-ring (bicyclic) bond motifs is 2. The highest BCUT2D eigenvalue weighted by molar-refractivity contribution is 7.21. The predicted molar refractivity (Wildman–Crippen MR) is 148 cm³/mol. The third-order valence-corrected chi connectivity index (χ3v) is 8.98. The van der Waals surface area contributed by atoms with Gasteiger partial charge in [0.05, 0.1) is 9.95 Å². The Bertz CT molecular complexity index is 1540. The molecular weight excluding hydrogens is 515 g/mol. The normalized spacial score (nSPS) is 18.8. The molecule has 0 N–H and O–H groups in total. The van der Waals surface area contributed by atoms with E-state index in [-0.39, 0.29) is 17.0 Å². The van der Waals surface area contributed by atoms with Crippen LogP contribution in [-0.2, 0) is 5.41 Å². The number of non-ortho nitro benzene ring substituents is 1. The van der Waals surface area contributed by atoms with Gasteiger partial charge in [0.25, 0.3) is 11.6 Å². The summed E-state index contributed by atoms with van der Waals surface area (Å²) in [4.78, 5) is 27.2. The first-order chi connectivity index (χ1) is 16.9. The highest BCUT2D eigenvalue weighted by Crippen LogP contribution is 2.52. The van der Waals surface area contributed by atoms with E-state index in [1.807, 2.05) is 36.1 Å². The summed E-state index contributed by atoms with van der Waals surface area (Å²) < 4.78 is 0.613. The smallest absolute Gasteiger partial charge is 0.270 e. The average Bonchev–Trinajstić information content (AvgIpc) is 3.15. The van der Waals surface area contributed by atoms with Crippen LogP contribution >= 0.6 is 34.5 Å². The lowest BCUT2D eigenvalue weighted by molar-refractivity contribution is -0.384. The van der Waals surface area contributed by atoms with Crippen molar-refractivity contribution in [2.75, 3.05) is 4.90 Å². The number of amides is 1. The third-order valence-electron chi connectivity index (χ3n) is 7.08. The highest BCUT2D eigenvalue weighted by Gasteiger charge is 2.48. The highest BCUT2D eigenvalue weighted by atomic mass is 35.5. The second-order valence-electron chi connectivity index (χ2n) is 10.2.